The molecular weight excluding hydrogens is 737 g/mol. The molecule has 0 fully saturated rings. The first-order valence-corrected chi connectivity index (χ1v) is 21.9. The molecule has 2 atom stereocenters. The average Bonchev–Trinajstić information content (AvgIpc) is 3.59. The average molecular weight is 783 g/mol. The Labute approximate surface area is 358 Å². The minimum absolute atomic E-state index is 0.235. The van der Waals surface area contributed by atoms with Crippen molar-refractivity contribution in [3.8, 4) is 11.1 Å². The van der Waals surface area contributed by atoms with E-state index in [1.54, 1.807) is 0 Å². The third-order valence-corrected chi connectivity index (χ3v) is 13.6. The van der Waals surface area contributed by atoms with E-state index < -0.39 is 0 Å². The lowest BCUT2D eigenvalue weighted by Gasteiger charge is -2.32. The molecule has 0 saturated heterocycles. The molecule has 61 heavy (non-hydrogen) atoms. The maximum absolute atomic E-state index is 2.52. The van der Waals surface area contributed by atoms with Crippen molar-refractivity contribution in [2.24, 2.45) is 11.8 Å². The molecule has 0 spiro atoms. The number of benzene rings is 8. The van der Waals surface area contributed by atoms with Crippen LogP contribution in [0.1, 0.15) is 33.4 Å². The number of nitrogens with zero attached hydrogens (tertiary/aromatic N) is 2. The zero-order valence-corrected chi connectivity index (χ0v) is 34.4. The van der Waals surface area contributed by atoms with Crippen molar-refractivity contribution >= 4 is 61.2 Å². The quantitative estimate of drug-likeness (QED) is 0.164. The van der Waals surface area contributed by atoms with E-state index in [4.69, 9.17) is 0 Å². The Morgan fingerprint density at radius 3 is 1.38 bits per heavy atom. The molecule has 2 heterocycles. The van der Waals surface area contributed by atoms with Gasteiger partial charge in [0.2, 0.25) is 0 Å². The number of allylic oxidation sites excluding steroid dienone is 8. The van der Waals surface area contributed by atoms with Gasteiger partial charge >= 0.3 is 0 Å². The molecule has 4 aliphatic rings. The summed E-state index contributed by atoms with van der Waals surface area (Å²) in [6.45, 7) is 2.18. The molecule has 0 N–H and O–H groups in total. The van der Waals surface area contributed by atoms with Crippen LogP contribution in [-0.4, -0.2) is 0 Å². The summed E-state index contributed by atoms with van der Waals surface area (Å²) in [7, 11) is 0. The van der Waals surface area contributed by atoms with Gasteiger partial charge in [0.05, 0.1) is 0 Å². The number of rotatable bonds is 4. The normalized spacial score (nSPS) is 17.5. The van der Waals surface area contributed by atoms with E-state index in [-0.39, 0.29) is 5.92 Å². The zero-order valence-electron chi connectivity index (χ0n) is 34.4. The van der Waals surface area contributed by atoms with Crippen LogP contribution in [0.2, 0.25) is 0 Å². The Bertz CT molecular complexity index is 3080. The first-order valence-electron chi connectivity index (χ1n) is 21.9. The van der Waals surface area contributed by atoms with E-state index in [1.165, 1.54) is 106 Å². The van der Waals surface area contributed by atoms with Gasteiger partial charge < -0.3 is 9.80 Å². The van der Waals surface area contributed by atoms with Gasteiger partial charge in [0.15, 0.2) is 0 Å². The molecule has 292 valence electrons. The van der Waals surface area contributed by atoms with Crippen LogP contribution in [-0.2, 0) is 25.7 Å². The Morgan fingerprint density at radius 1 is 0.410 bits per heavy atom. The van der Waals surface area contributed by atoms with Gasteiger partial charge in [-0.2, -0.15) is 0 Å². The second kappa shape index (κ2) is 14.5. The highest BCUT2D eigenvalue weighted by Crippen LogP contribution is 2.51. The fourth-order valence-electron chi connectivity index (χ4n) is 10.7. The molecule has 2 unspecified atom stereocenters. The van der Waals surface area contributed by atoms with Crippen molar-refractivity contribution < 1.29 is 0 Å². The molecule has 0 radical (unpaired) electrons. The highest BCUT2D eigenvalue weighted by Gasteiger charge is 2.30. The minimum atomic E-state index is 0.235. The Hall–Kier alpha value is -7.16. The van der Waals surface area contributed by atoms with Gasteiger partial charge in [-0.25, -0.2) is 0 Å². The number of para-hydroxylation sites is 4. The molecule has 8 aromatic carbocycles. The molecule has 12 rings (SSSR count). The second-order valence-electron chi connectivity index (χ2n) is 17.1. The van der Waals surface area contributed by atoms with E-state index in [0.717, 1.165) is 25.7 Å². The molecular formula is C59H46N2. The van der Waals surface area contributed by atoms with E-state index in [9.17, 15) is 0 Å². The molecule has 2 aliphatic carbocycles. The summed E-state index contributed by atoms with van der Waals surface area (Å²) < 4.78 is 0. The van der Waals surface area contributed by atoms with Crippen molar-refractivity contribution in [2.75, 3.05) is 9.80 Å². The molecule has 0 bridgehead atoms. The van der Waals surface area contributed by atoms with Crippen molar-refractivity contribution in [1.82, 2.24) is 0 Å². The van der Waals surface area contributed by atoms with E-state index >= 15 is 0 Å². The van der Waals surface area contributed by atoms with Crippen molar-refractivity contribution in [2.45, 2.75) is 32.6 Å². The molecule has 2 heteroatoms. The second-order valence-corrected chi connectivity index (χ2v) is 17.1. The SMILES string of the molecule is Cc1ccc(-c2c3ccc(N4c5ccccc5CCc5ccccc54)cc3c(C3=CC=CC4C=CC=CC34)c3ccc(N4c5ccccc5CCc5ccccc54)cc23)cc1. The van der Waals surface area contributed by atoms with Gasteiger partial charge in [0.25, 0.3) is 0 Å². The predicted octanol–water partition coefficient (Wildman–Crippen LogP) is 15.4. The van der Waals surface area contributed by atoms with Crippen molar-refractivity contribution in [1.29, 1.82) is 0 Å². The van der Waals surface area contributed by atoms with Gasteiger partial charge in [-0.1, -0.05) is 157 Å². The molecule has 2 nitrogen and oxygen atoms in total. The summed E-state index contributed by atoms with van der Waals surface area (Å²) in [6, 6.07) is 59.8. The van der Waals surface area contributed by atoms with Crippen LogP contribution >= 0.6 is 0 Å². The van der Waals surface area contributed by atoms with E-state index in [2.05, 4.69) is 217 Å². The lowest BCUT2D eigenvalue weighted by molar-refractivity contribution is 0.679. The van der Waals surface area contributed by atoms with E-state index in [0.29, 0.717) is 5.92 Å². The number of hydrogen-bond acceptors (Lipinski definition) is 2. The Kier molecular flexibility index (Phi) is 8.52. The fourth-order valence-corrected chi connectivity index (χ4v) is 10.7. The van der Waals surface area contributed by atoms with Crippen molar-refractivity contribution in [3.05, 3.63) is 234 Å². The predicted molar refractivity (Wildman–Crippen MR) is 258 cm³/mol. The van der Waals surface area contributed by atoms with Crippen molar-refractivity contribution in [3.63, 3.8) is 0 Å². The summed E-state index contributed by atoms with van der Waals surface area (Å²) in [6.07, 6.45) is 20.3. The van der Waals surface area contributed by atoms with Gasteiger partial charge in [-0.3, -0.25) is 0 Å². The van der Waals surface area contributed by atoms with Crippen LogP contribution in [0, 0.1) is 18.8 Å². The number of anilines is 6. The maximum Gasteiger partial charge on any atom is 0.0493 e. The largest absolute Gasteiger partial charge is 0.310 e. The van der Waals surface area contributed by atoms with Gasteiger partial charge in [0.1, 0.15) is 0 Å². The van der Waals surface area contributed by atoms with Crippen LogP contribution in [0.3, 0.4) is 0 Å². The standard InChI is InChI=1S/C59H46N2/c1-39-25-27-45(28-26-39)58-50-35-33-47(61-56-23-10-5-16-43(56)31-32-44-17-6-11-24-57(44)61)38-53(50)59(49-20-12-18-40-13-2-7-19-48(40)49)51-36-34-46(37-52(51)58)60-54-21-8-3-14-41(54)29-30-42-15-4-9-22-55(42)60/h2-28,33-38,40,48H,29-32H2,1H3. The Balaban J connectivity index is 1.19. The highest BCUT2D eigenvalue weighted by atomic mass is 15.2. The summed E-state index contributed by atoms with van der Waals surface area (Å²) in [4.78, 5) is 5.04. The molecule has 0 aromatic heterocycles. The lowest BCUT2D eigenvalue weighted by Crippen LogP contribution is -2.16. The first-order chi connectivity index (χ1) is 30.2. The Morgan fingerprint density at radius 2 is 0.852 bits per heavy atom. The smallest absolute Gasteiger partial charge is 0.0493 e. The van der Waals surface area contributed by atoms with E-state index in [1.807, 2.05) is 0 Å². The van der Waals surface area contributed by atoms with Crippen LogP contribution in [0.4, 0.5) is 34.1 Å². The highest BCUT2D eigenvalue weighted by molar-refractivity contribution is 6.20. The third-order valence-electron chi connectivity index (χ3n) is 13.6. The monoisotopic (exact) mass is 782 g/mol. The van der Waals surface area contributed by atoms with Gasteiger partial charge in [0, 0.05) is 46.0 Å². The van der Waals surface area contributed by atoms with Gasteiger partial charge in [-0.15, -0.1) is 0 Å². The number of fused-ring (bicyclic) bond motifs is 7. The maximum atomic E-state index is 2.52. The van der Waals surface area contributed by atoms with Crippen LogP contribution < -0.4 is 9.80 Å². The molecule has 0 amide bonds. The van der Waals surface area contributed by atoms with Crippen LogP contribution in [0.5, 0.6) is 0 Å². The minimum Gasteiger partial charge on any atom is -0.310 e. The number of hydrogen-bond donors (Lipinski definition) is 0. The van der Waals surface area contributed by atoms with Crippen LogP contribution in [0.25, 0.3) is 38.2 Å². The third kappa shape index (κ3) is 5.92. The first kappa shape index (κ1) is 35.8. The summed E-state index contributed by atoms with van der Waals surface area (Å²) in [5, 5.41) is 5.09. The number of aryl methyl sites for hydroxylation is 5. The lowest BCUT2D eigenvalue weighted by atomic mass is 9.74. The van der Waals surface area contributed by atoms with Crippen LogP contribution in [0.15, 0.2) is 200 Å². The fraction of sp³-hybridized carbons (Fsp3) is 0.119. The summed E-state index contributed by atoms with van der Waals surface area (Å²) >= 11 is 0. The van der Waals surface area contributed by atoms with Gasteiger partial charge in [-0.05, 0) is 147 Å². The summed E-state index contributed by atoms with van der Waals surface area (Å²) in [5.74, 6) is 0.544. The topological polar surface area (TPSA) is 6.48 Å². The summed E-state index contributed by atoms with van der Waals surface area (Å²) in [5.41, 5.74) is 19.4. The molecule has 2 aliphatic heterocycles. The molecule has 8 aromatic rings. The molecule has 0 saturated carbocycles. The zero-order chi connectivity index (χ0) is 40.4.